The van der Waals surface area contributed by atoms with Crippen LogP contribution in [0.25, 0.3) is 0 Å². The third-order valence-electron chi connectivity index (χ3n) is 6.16. The first-order valence-electron chi connectivity index (χ1n) is 10.0. The fourth-order valence-corrected chi connectivity index (χ4v) is 4.79. The van der Waals surface area contributed by atoms with Crippen molar-refractivity contribution in [1.82, 2.24) is 25.0 Å². The molecule has 27 heavy (non-hydrogen) atoms. The van der Waals surface area contributed by atoms with E-state index in [0.29, 0.717) is 12.3 Å². The van der Waals surface area contributed by atoms with Gasteiger partial charge in [0.05, 0.1) is 5.41 Å². The summed E-state index contributed by atoms with van der Waals surface area (Å²) >= 11 is 0. The van der Waals surface area contributed by atoms with E-state index in [1.165, 1.54) is 5.56 Å². The lowest BCUT2D eigenvalue weighted by molar-refractivity contribution is -0.130. The second kappa shape index (κ2) is 7.43. The zero-order valence-corrected chi connectivity index (χ0v) is 16.3. The number of hydrogen-bond donors (Lipinski definition) is 1. The number of aryl methyl sites for hydroxylation is 2. The molecule has 6 nitrogen and oxygen atoms in total. The number of H-pyrrole nitrogens is 1. The molecule has 4 rings (SSSR count). The van der Waals surface area contributed by atoms with Crippen molar-refractivity contribution >= 4 is 5.91 Å². The smallest absolute Gasteiger partial charge is 0.222 e. The van der Waals surface area contributed by atoms with Gasteiger partial charge in [-0.1, -0.05) is 37.3 Å². The van der Waals surface area contributed by atoms with E-state index in [0.717, 1.165) is 57.2 Å². The summed E-state index contributed by atoms with van der Waals surface area (Å²) in [5.41, 5.74) is 1.28. The van der Waals surface area contributed by atoms with Crippen molar-refractivity contribution in [3.8, 4) is 0 Å². The molecule has 2 aliphatic rings. The highest BCUT2D eigenvalue weighted by Gasteiger charge is 2.56. The number of benzene rings is 1. The number of aromatic nitrogens is 3. The molecule has 2 aliphatic heterocycles. The minimum atomic E-state index is -0.123. The van der Waals surface area contributed by atoms with E-state index < -0.39 is 0 Å². The van der Waals surface area contributed by atoms with Crippen molar-refractivity contribution in [2.45, 2.75) is 38.5 Å². The molecule has 0 aliphatic carbocycles. The average molecular weight is 367 g/mol. The summed E-state index contributed by atoms with van der Waals surface area (Å²) in [4.78, 5) is 21.5. The van der Waals surface area contributed by atoms with E-state index in [-0.39, 0.29) is 11.3 Å². The van der Waals surface area contributed by atoms with Crippen LogP contribution < -0.4 is 0 Å². The Morgan fingerprint density at radius 1 is 1.26 bits per heavy atom. The van der Waals surface area contributed by atoms with Crippen molar-refractivity contribution in [3.05, 3.63) is 47.5 Å². The summed E-state index contributed by atoms with van der Waals surface area (Å²) in [6.45, 7) is 8.51. The first-order chi connectivity index (χ1) is 13.1. The van der Waals surface area contributed by atoms with E-state index in [1.54, 1.807) is 0 Å². The second-order valence-electron chi connectivity index (χ2n) is 8.05. The van der Waals surface area contributed by atoms with Crippen LogP contribution in [0.15, 0.2) is 30.3 Å². The Bertz CT molecular complexity index is 789. The van der Waals surface area contributed by atoms with Crippen LogP contribution in [0.3, 0.4) is 0 Å². The number of likely N-dealkylation sites (tertiary alicyclic amines) is 2. The molecule has 6 heteroatoms. The van der Waals surface area contributed by atoms with Crippen molar-refractivity contribution < 1.29 is 4.79 Å². The van der Waals surface area contributed by atoms with Crippen molar-refractivity contribution in [2.75, 3.05) is 32.7 Å². The maximum atomic E-state index is 12.3. The van der Waals surface area contributed by atoms with Gasteiger partial charge in [0.2, 0.25) is 5.91 Å². The van der Waals surface area contributed by atoms with Gasteiger partial charge in [0.25, 0.3) is 0 Å². The molecule has 2 saturated heterocycles. The average Bonchev–Trinajstić information content (AvgIpc) is 3.34. The Morgan fingerprint density at radius 3 is 2.78 bits per heavy atom. The van der Waals surface area contributed by atoms with Crippen LogP contribution in [0.2, 0.25) is 0 Å². The molecule has 2 fully saturated rings. The van der Waals surface area contributed by atoms with E-state index in [9.17, 15) is 4.79 Å². The molecule has 1 aromatic carbocycles. The zero-order valence-electron chi connectivity index (χ0n) is 16.3. The number of carbonyl (C=O) groups excluding carboxylic acids is 1. The molecule has 1 amide bonds. The SMILES string of the molecule is CCC(=O)N1C[C@H]2CN(CCCc3ccccc3)C[C@@]2(c2n[nH]c(C)n2)C1. The Labute approximate surface area is 161 Å². The van der Waals surface area contributed by atoms with Gasteiger partial charge in [0.1, 0.15) is 5.82 Å². The number of hydrogen-bond acceptors (Lipinski definition) is 4. The molecule has 3 heterocycles. The largest absolute Gasteiger partial charge is 0.341 e. The molecule has 1 aromatic heterocycles. The van der Waals surface area contributed by atoms with Crippen LogP contribution in [0, 0.1) is 12.8 Å². The number of rotatable bonds is 6. The van der Waals surface area contributed by atoms with E-state index >= 15 is 0 Å². The standard InChI is InChI=1S/C21H29N5O/c1-3-19(27)26-13-18-12-25(11-7-10-17-8-5-4-6-9-17)14-21(18,15-26)20-22-16(2)23-24-20/h4-6,8-9,18H,3,7,10-15H2,1-2H3,(H,22,23,24)/t18-,21-/m1/s1. The number of nitrogens with one attached hydrogen (secondary N) is 1. The fraction of sp³-hybridized carbons (Fsp3) is 0.571. The summed E-state index contributed by atoms with van der Waals surface area (Å²) in [6.07, 6.45) is 2.82. The highest BCUT2D eigenvalue weighted by atomic mass is 16.2. The number of amides is 1. The van der Waals surface area contributed by atoms with Gasteiger partial charge in [0.15, 0.2) is 5.82 Å². The van der Waals surface area contributed by atoms with E-state index in [1.807, 2.05) is 18.7 Å². The summed E-state index contributed by atoms with van der Waals surface area (Å²) in [6, 6.07) is 10.7. The highest BCUT2D eigenvalue weighted by molar-refractivity contribution is 5.76. The minimum absolute atomic E-state index is 0.123. The quantitative estimate of drug-likeness (QED) is 0.850. The van der Waals surface area contributed by atoms with Crippen molar-refractivity contribution in [1.29, 1.82) is 0 Å². The monoisotopic (exact) mass is 367 g/mol. The molecule has 144 valence electrons. The Balaban J connectivity index is 1.45. The van der Waals surface area contributed by atoms with Gasteiger partial charge in [0, 0.05) is 38.5 Å². The van der Waals surface area contributed by atoms with Gasteiger partial charge in [-0.05, 0) is 31.9 Å². The molecule has 0 spiro atoms. The van der Waals surface area contributed by atoms with Gasteiger partial charge >= 0.3 is 0 Å². The lowest BCUT2D eigenvalue weighted by atomic mass is 9.80. The van der Waals surface area contributed by atoms with E-state index in [4.69, 9.17) is 0 Å². The molecular formula is C21H29N5O. The summed E-state index contributed by atoms with van der Waals surface area (Å²) < 4.78 is 0. The summed E-state index contributed by atoms with van der Waals surface area (Å²) in [5, 5.41) is 7.52. The molecule has 0 bridgehead atoms. The Hall–Kier alpha value is -2.21. The Morgan fingerprint density at radius 2 is 2.07 bits per heavy atom. The molecule has 0 saturated carbocycles. The summed E-state index contributed by atoms with van der Waals surface area (Å²) in [5.74, 6) is 2.40. The third-order valence-corrected chi connectivity index (χ3v) is 6.16. The maximum absolute atomic E-state index is 12.3. The Kier molecular flexibility index (Phi) is 5.00. The molecule has 1 N–H and O–H groups in total. The molecular weight excluding hydrogens is 338 g/mol. The lowest BCUT2D eigenvalue weighted by Gasteiger charge is -2.26. The summed E-state index contributed by atoms with van der Waals surface area (Å²) in [7, 11) is 0. The van der Waals surface area contributed by atoms with Gasteiger partial charge in [-0.2, -0.15) is 5.10 Å². The minimum Gasteiger partial charge on any atom is -0.341 e. The highest BCUT2D eigenvalue weighted by Crippen LogP contribution is 2.43. The molecule has 0 radical (unpaired) electrons. The van der Waals surface area contributed by atoms with Crippen LogP contribution in [0.4, 0.5) is 0 Å². The molecule has 2 atom stereocenters. The van der Waals surface area contributed by atoms with Gasteiger partial charge in [-0.3, -0.25) is 9.89 Å². The van der Waals surface area contributed by atoms with Crippen LogP contribution in [0.5, 0.6) is 0 Å². The number of fused-ring (bicyclic) bond motifs is 1. The zero-order chi connectivity index (χ0) is 18.9. The topological polar surface area (TPSA) is 65.1 Å². The van der Waals surface area contributed by atoms with Crippen LogP contribution in [-0.4, -0.2) is 63.6 Å². The fourth-order valence-electron chi connectivity index (χ4n) is 4.79. The number of aromatic amines is 1. The van der Waals surface area contributed by atoms with Gasteiger partial charge in [-0.25, -0.2) is 4.98 Å². The first-order valence-corrected chi connectivity index (χ1v) is 10.0. The van der Waals surface area contributed by atoms with Crippen LogP contribution in [-0.2, 0) is 16.6 Å². The number of carbonyl (C=O) groups is 1. The first kappa shape index (κ1) is 18.2. The van der Waals surface area contributed by atoms with Crippen LogP contribution in [0.1, 0.15) is 37.0 Å². The number of nitrogens with zero attached hydrogens (tertiary/aromatic N) is 4. The third kappa shape index (κ3) is 3.50. The predicted molar refractivity (Wildman–Crippen MR) is 104 cm³/mol. The lowest BCUT2D eigenvalue weighted by Crippen LogP contribution is -2.40. The predicted octanol–water partition coefficient (Wildman–Crippen LogP) is 2.17. The van der Waals surface area contributed by atoms with Gasteiger partial charge in [-0.15, -0.1) is 0 Å². The molecule has 2 aromatic rings. The van der Waals surface area contributed by atoms with E-state index in [2.05, 4.69) is 50.4 Å². The van der Waals surface area contributed by atoms with Crippen molar-refractivity contribution in [2.24, 2.45) is 5.92 Å². The molecule has 0 unspecified atom stereocenters. The second-order valence-corrected chi connectivity index (χ2v) is 8.05. The van der Waals surface area contributed by atoms with Crippen LogP contribution >= 0.6 is 0 Å². The maximum Gasteiger partial charge on any atom is 0.222 e. The van der Waals surface area contributed by atoms with Crippen molar-refractivity contribution in [3.63, 3.8) is 0 Å². The normalized spacial score (nSPS) is 25.1. The van der Waals surface area contributed by atoms with Gasteiger partial charge < -0.3 is 9.80 Å².